The van der Waals surface area contributed by atoms with E-state index in [1.165, 1.54) is 17.4 Å². The van der Waals surface area contributed by atoms with Crippen molar-refractivity contribution in [3.05, 3.63) is 57.5 Å². The average molecular weight is 258 g/mol. The molecule has 0 aliphatic heterocycles. The molecule has 1 heterocycles. The highest BCUT2D eigenvalue weighted by Gasteiger charge is 2.12. The maximum Gasteiger partial charge on any atom is 0.132 e. The van der Waals surface area contributed by atoms with E-state index in [9.17, 15) is 9.65 Å². The third kappa shape index (κ3) is 2.27. The Hall–Kier alpha value is -2.12. The number of halogens is 1. The van der Waals surface area contributed by atoms with Crippen LogP contribution in [-0.4, -0.2) is 0 Å². The Morgan fingerprint density at radius 3 is 2.72 bits per heavy atom. The monoisotopic (exact) mass is 258 g/mol. The Kier molecular flexibility index (Phi) is 3.45. The first-order chi connectivity index (χ1) is 8.63. The molecule has 90 valence electrons. The summed E-state index contributed by atoms with van der Waals surface area (Å²) in [5.41, 5.74) is 7.49. The molecule has 1 aromatic heterocycles. The molecule has 0 spiro atoms. The fourth-order valence-electron chi connectivity index (χ4n) is 1.64. The van der Waals surface area contributed by atoms with Gasteiger partial charge in [-0.3, -0.25) is 0 Å². The van der Waals surface area contributed by atoms with Crippen molar-refractivity contribution in [1.82, 2.24) is 0 Å². The van der Waals surface area contributed by atoms with Crippen LogP contribution in [0.4, 0.5) is 4.39 Å². The van der Waals surface area contributed by atoms with Crippen LogP contribution in [0.25, 0.3) is 11.3 Å². The van der Waals surface area contributed by atoms with Crippen LogP contribution in [0.1, 0.15) is 16.0 Å². The summed E-state index contributed by atoms with van der Waals surface area (Å²) >= 11 is 1.40. The first-order valence-corrected chi connectivity index (χ1v) is 6.21. The second-order valence-corrected chi connectivity index (χ2v) is 4.81. The van der Waals surface area contributed by atoms with E-state index >= 15 is 0 Å². The molecule has 2 rings (SSSR count). The molecule has 0 saturated carbocycles. The number of nitrogens with two attached hydrogens (primary N) is 1. The van der Waals surface area contributed by atoms with Crippen molar-refractivity contribution in [2.75, 3.05) is 0 Å². The van der Waals surface area contributed by atoms with Crippen molar-refractivity contribution < 1.29 is 4.39 Å². The largest absolute Gasteiger partial charge is 0.397 e. The number of hydrogen-bond acceptors (Lipinski definition) is 3. The van der Waals surface area contributed by atoms with Crippen LogP contribution in [0.3, 0.4) is 0 Å². The lowest BCUT2D eigenvalue weighted by molar-refractivity contribution is 0.622. The number of rotatable bonds is 2. The van der Waals surface area contributed by atoms with E-state index in [2.05, 4.69) is 0 Å². The predicted octanol–water partition coefficient (Wildman–Crippen LogP) is 3.55. The maximum atomic E-state index is 13.8. The van der Waals surface area contributed by atoms with Gasteiger partial charge in [0.25, 0.3) is 0 Å². The Morgan fingerprint density at radius 2 is 2.17 bits per heavy atom. The molecule has 0 atom stereocenters. The van der Waals surface area contributed by atoms with Gasteiger partial charge < -0.3 is 5.73 Å². The first-order valence-electron chi connectivity index (χ1n) is 5.33. The van der Waals surface area contributed by atoms with Gasteiger partial charge in [-0.05, 0) is 36.1 Å². The smallest absolute Gasteiger partial charge is 0.132 e. The quantitative estimate of drug-likeness (QED) is 0.837. The Balaban J connectivity index is 2.58. The highest BCUT2D eigenvalue weighted by Crippen LogP contribution is 2.27. The molecular formula is C14H11FN2S. The van der Waals surface area contributed by atoms with Gasteiger partial charge in [-0.2, -0.15) is 5.26 Å². The number of hydrogen-bond donors (Lipinski definition) is 1. The van der Waals surface area contributed by atoms with Crippen molar-refractivity contribution in [2.45, 2.75) is 6.92 Å². The van der Waals surface area contributed by atoms with Crippen LogP contribution in [0, 0.1) is 24.1 Å². The van der Waals surface area contributed by atoms with Crippen LogP contribution in [0.15, 0.2) is 35.7 Å². The molecular weight excluding hydrogens is 247 g/mol. The molecule has 18 heavy (non-hydrogen) atoms. The van der Waals surface area contributed by atoms with Crippen molar-refractivity contribution in [3.63, 3.8) is 0 Å². The Morgan fingerprint density at radius 1 is 1.39 bits per heavy atom. The molecule has 2 N–H and O–H groups in total. The van der Waals surface area contributed by atoms with Gasteiger partial charge in [-0.1, -0.05) is 12.1 Å². The first kappa shape index (κ1) is 12.3. The third-order valence-corrected chi connectivity index (χ3v) is 3.45. The van der Waals surface area contributed by atoms with Crippen molar-refractivity contribution >= 4 is 22.6 Å². The standard InChI is InChI=1S/C14H11FN2S/c1-9-4-5-10(12(15)7-9)14(17)11(8-16)13-3-2-6-18-13/h2-7H,17H2,1H3/b14-11+. The second-order valence-electron chi connectivity index (χ2n) is 3.86. The second kappa shape index (κ2) is 5.03. The minimum atomic E-state index is -0.406. The zero-order chi connectivity index (χ0) is 13.1. The maximum absolute atomic E-state index is 13.8. The summed E-state index contributed by atoms with van der Waals surface area (Å²) in [4.78, 5) is 0.745. The lowest BCUT2D eigenvalue weighted by Crippen LogP contribution is -2.02. The molecule has 1 aromatic carbocycles. The molecule has 0 aliphatic carbocycles. The molecule has 2 nitrogen and oxygen atoms in total. The van der Waals surface area contributed by atoms with Crippen LogP contribution < -0.4 is 5.73 Å². The van der Waals surface area contributed by atoms with Crippen molar-refractivity contribution in [3.8, 4) is 6.07 Å². The van der Waals surface area contributed by atoms with Crippen LogP contribution in [0.5, 0.6) is 0 Å². The predicted molar refractivity (Wildman–Crippen MR) is 72.1 cm³/mol. The molecule has 0 bridgehead atoms. The van der Waals surface area contributed by atoms with E-state index in [1.54, 1.807) is 25.1 Å². The Labute approximate surface area is 109 Å². The molecule has 4 heteroatoms. The lowest BCUT2D eigenvalue weighted by atomic mass is 10.0. The summed E-state index contributed by atoms with van der Waals surface area (Å²) in [5.74, 6) is -0.406. The van der Waals surface area contributed by atoms with Gasteiger partial charge in [0.15, 0.2) is 0 Å². The summed E-state index contributed by atoms with van der Waals surface area (Å²) in [6, 6.07) is 10.4. The van der Waals surface area contributed by atoms with Gasteiger partial charge in [0.05, 0.1) is 11.3 Å². The van der Waals surface area contributed by atoms with Gasteiger partial charge >= 0.3 is 0 Å². The SMILES string of the molecule is Cc1ccc(/C(N)=C(/C#N)c2cccs2)c(F)c1. The summed E-state index contributed by atoms with van der Waals surface area (Å²) < 4.78 is 13.8. The van der Waals surface area contributed by atoms with E-state index in [4.69, 9.17) is 5.73 Å². The third-order valence-electron chi connectivity index (χ3n) is 2.56. The number of thiophene rings is 1. The zero-order valence-electron chi connectivity index (χ0n) is 9.77. The molecule has 0 amide bonds. The fourth-order valence-corrected chi connectivity index (χ4v) is 2.38. The number of benzene rings is 1. The zero-order valence-corrected chi connectivity index (χ0v) is 10.6. The topological polar surface area (TPSA) is 49.8 Å². The molecule has 0 aliphatic rings. The summed E-state index contributed by atoms with van der Waals surface area (Å²) in [6.45, 7) is 1.80. The Bertz CT molecular complexity index is 636. The van der Waals surface area contributed by atoms with Gasteiger partial charge in [-0.25, -0.2) is 4.39 Å². The van der Waals surface area contributed by atoms with Gasteiger partial charge in [0.1, 0.15) is 11.9 Å². The number of allylic oxidation sites excluding steroid dienone is 1. The van der Waals surface area contributed by atoms with Gasteiger partial charge in [0.2, 0.25) is 0 Å². The van der Waals surface area contributed by atoms with Crippen LogP contribution >= 0.6 is 11.3 Å². The summed E-state index contributed by atoms with van der Waals surface area (Å²) in [7, 11) is 0. The van der Waals surface area contributed by atoms with Gasteiger partial charge in [0, 0.05) is 10.4 Å². The van der Waals surface area contributed by atoms with E-state index in [-0.39, 0.29) is 11.3 Å². The van der Waals surface area contributed by atoms with Crippen LogP contribution in [0.2, 0.25) is 0 Å². The molecule has 0 fully saturated rings. The minimum Gasteiger partial charge on any atom is -0.397 e. The minimum absolute atomic E-state index is 0.178. The molecule has 0 saturated heterocycles. The number of nitriles is 1. The summed E-state index contributed by atoms with van der Waals surface area (Å²) in [5, 5.41) is 11.0. The summed E-state index contributed by atoms with van der Waals surface area (Å²) in [6.07, 6.45) is 0. The molecule has 2 aromatic rings. The van der Waals surface area contributed by atoms with E-state index in [1.807, 2.05) is 17.5 Å². The van der Waals surface area contributed by atoms with E-state index < -0.39 is 5.82 Å². The average Bonchev–Trinajstić information content (AvgIpc) is 2.83. The van der Waals surface area contributed by atoms with Crippen molar-refractivity contribution in [1.29, 1.82) is 5.26 Å². The fraction of sp³-hybridized carbons (Fsp3) is 0.0714. The lowest BCUT2D eigenvalue weighted by Gasteiger charge is -2.06. The normalized spacial score (nSPS) is 11.8. The van der Waals surface area contributed by atoms with Gasteiger partial charge in [-0.15, -0.1) is 11.3 Å². The molecule has 0 unspecified atom stereocenters. The number of aryl methyl sites for hydroxylation is 1. The molecule has 0 radical (unpaired) electrons. The van der Waals surface area contributed by atoms with Crippen molar-refractivity contribution in [2.24, 2.45) is 5.73 Å². The van der Waals surface area contributed by atoms with E-state index in [0.29, 0.717) is 5.57 Å². The highest BCUT2D eigenvalue weighted by molar-refractivity contribution is 7.11. The van der Waals surface area contributed by atoms with E-state index in [0.717, 1.165) is 10.4 Å². The highest BCUT2D eigenvalue weighted by atomic mass is 32.1. The van der Waals surface area contributed by atoms with Crippen LogP contribution in [-0.2, 0) is 0 Å². The number of nitrogens with zero attached hydrogens (tertiary/aromatic N) is 1.